The van der Waals surface area contributed by atoms with E-state index < -0.39 is 11.9 Å². The third kappa shape index (κ3) is 4.28. The van der Waals surface area contributed by atoms with E-state index in [9.17, 15) is 9.59 Å². The van der Waals surface area contributed by atoms with Crippen molar-refractivity contribution in [1.82, 2.24) is 0 Å². The Morgan fingerprint density at radius 2 is 2.11 bits per heavy atom. The predicted molar refractivity (Wildman–Crippen MR) is 72.4 cm³/mol. The minimum atomic E-state index is -0.950. The molecule has 1 unspecified atom stereocenters. The SMILES string of the molecule is CCC(CC(=O)Nc1cc(C)ccc1OC)C(=O)O. The van der Waals surface area contributed by atoms with Gasteiger partial charge in [0.1, 0.15) is 5.75 Å². The van der Waals surface area contributed by atoms with Gasteiger partial charge in [0.15, 0.2) is 0 Å². The van der Waals surface area contributed by atoms with Gasteiger partial charge in [0.25, 0.3) is 0 Å². The Hall–Kier alpha value is -2.04. The predicted octanol–water partition coefficient (Wildman–Crippen LogP) is 2.44. The number of carboxylic acid groups (broad SMARTS) is 1. The monoisotopic (exact) mass is 265 g/mol. The van der Waals surface area contributed by atoms with Crippen molar-refractivity contribution < 1.29 is 19.4 Å². The Morgan fingerprint density at radius 1 is 1.42 bits per heavy atom. The van der Waals surface area contributed by atoms with Crippen LogP contribution in [0.15, 0.2) is 18.2 Å². The van der Waals surface area contributed by atoms with Crippen LogP contribution in [-0.2, 0) is 9.59 Å². The van der Waals surface area contributed by atoms with E-state index in [0.29, 0.717) is 17.9 Å². The summed E-state index contributed by atoms with van der Waals surface area (Å²) in [5.41, 5.74) is 1.55. The average molecular weight is 265 g/mol. The minimum Gasteiger partial charge on any atom is -0.495 e. The number of amides is 1. The molecule has 0 heterocycles. The number of carbonyl (C=O) groups excluding carboxylic acids is 1. The first kappa shape index (κ1) is 15.0. The fraction of sp³-hybridized carbons (Fsp3) is 0.429. The van der Waals surface area contributed by atoms with Crippen LogP contribution < -0.4 is 10.1 Å². The first-order chi connectivity index (χ1) is 8.97. The molecule has 104 valence electrons. The Kier molecular flexibility index (Phi) is 5.36. The lowest BCUT2D eigenvalue weighted by atomic mass is 10.0. The van der Waals surface area contributed by atoms with Gasteiger partial charge in [-0.2, -0.15) is 0 Å². The molecule has 19 heavy (non-hydrogen) atoms. The number of aryl methyl sites for hydroxylation is 1. The first-order valence-corrected chi connectivity index (χ1v) is 6.15. The van der Waals surface area contributed by atoms with Crippen LogP contribution in [0.5, 0.6) is 5.75 Å². The van der Waals surface area contributed by atoms with E-state index in [0.717, 1.165) is 5.56 Å². The number of benzene rings is 1. The van der Waals surface area contributed by atoms with Gasteiger partial charge in [-0.25, -0.2) is 0 Å². The summed E-state index contributed by atoms with van der Waals surface area (Å²) in [5, 5.41) is 11.6. The number of hydrogen-bond donors (Lipinski definition) is 2. The van der Waals surface area contributed by atoms with Crippen molar-refractivity contribution in [2.24, 2.45) is 5.92 Å². The van der Waals surface area contributed by atoms with Crippen molar-refractivity contribution in [2.45, 2.75) is 26.7 Å². The number of anilines is 1. The molecule has 1 atom stereocenters. The lowest BCUT2D eigenvalue weighted by Gasteiger charge is -2.13. The molecule has 0 bridgehead atoms. The molecule has 0 aliphatic rings. The van der Waals surface area contributed by atoms with Crippen LogP contribution in [0.1, 0.15) is 25.3 Å². The quantitative estimate of drug-likeness (QED) is 0.828. The zero-order chi connectivity index (χ0) is 14.4. The zero-order valence-corrected chi connectivity index (χ0v) is 11.4. The molecule has 1 rings (SSSR count). The third-order valence-electron chi connectivity index (χ3n) is 2.90. The second-order valence-corrected chi connectivity index (χ2v) is 4.40. The van der Waals surface area contributed by atoms with Crippen molar-refractivity contribution in [3.8, 4) is 5.75 Å². The molecule has 0 radical (unpaired) electrons. The number of hydrogen-bond acceptors (Lipinski definition) is 3. The molecule has 1 aromatic rings. The maximum absolute atomic E-state index is 11.8. The molecule has 0 saturated carbocycles. The molecule has 5 nitrogen and oxygen atoms in total. The molecule has 2 N–H and O–H groups in total. The maximum Gasteiger partial charge on any atom is 0.307 e. The van der Waals surface area contributed by atoms with E-state index in [-0.39, 0.29) is 12.3 Å². The van der Waals surface area contributed by atoms with Crippen LogP contribution in [0, 0.1) is 12.8 Å². The molecule has 0 spiro atoms. The van der Waals surface area contributed by atoms with Crippen LogP contribution in [0.25, 0.3) is 0 Å². The van der Waals surface area contributed by atoms with Crippen LogP contribution in [0.4, 0.5) is 5.69 Å². The number of aliphatic carboxylic acids is 1. The highest BCUT2D eigenvalue weighted by Crippen LogP contribution is 2.25. The Labute approximate surface area is 112 Å². The van der Waals surface area contributed by atoms with E-state index in [2.05, 4.69) is 5.32 Å². The molecule has 0 saturated heterocycles. The number of nitrogens with one attached hydrogen (secondary N) is 1. The van der Waals surface area contributed by atoms with Crippen LogP contribution in [0.2, 0.25) is 0 Å². The van der Waals surface area contributed by atoms with Gasteiger partial charge >= 0.3 is 5.97 Å². The molecule has 1 aromatic carbocycles. The highest BCUT2D eigenvalue weighted by Gasteiger charge is 2.19. The lowest BCUT2D eigenvalue weighted by Crippen LogP contribution is -2.22. The summed E-state index contributed by atoms with van der Waals surface area (Å²) in [6.45, 7) is 3.65. The fourth-order valence-corrected chi connectivity index (χ4v) is 1.75. The normalized spacial score (nSPS) is 11.7. The van der Waals surface area contributed by atoms with Gasteiger partial charge in [-0.3, -0.25) is 9.59 Å². The van der Waals surface area contributed by atoms with Gasteiger partial charge in [-0.1, -0.05) is 13.0 Å². The largest absolute Gasteiger partial charge is 0.495 e. The molecular formula is C14H19NO4. The summed E-state index contributed by atoms with van der Waals surface area (Å²) in [6, 6.07) is 5.43. The third-order valence-corrected chi connectivity index (χ3v) is 2.90. The highest BCUT2D eigenvalue weighted by molar-refractivity contribution is 5.94. The number of ether oxygens (including phenoxy) is 1. The molecule has 0 fully saturated rings. The first-order valence-electron chi connectivity index (χ1n) is 6.15. The number of rotatable bonds is 6. The number of carbonyl (C=O) groups is 2. The summed E-state index contributed by atoms with van der Waals surface area (Å²) in [7, 11) is 1.52. The lowest BCUT2D eigenvalue weighted by molar-refractivity contribution is -0.143. The van der Waals surface area contributed by atoms with E-state index in [1.54, 1.807) is 19.1 Å². The fourth-order valence-electron chi connectivity index (χ4n) is 1.75. The van der Waals surface area contributed by atoms with Crippen molar-refractivity contribution >= 4 is 17.6 Å². The van der Waals surface area contributed by atoms with Crippen molar-refractivity contribution in [1.29, 1.82) is 0 Å². The number of methoxy groups -OCH3 is 1. The van der Waals surface area contributed by atoms with Gasteiger partial charge in [0.2, 0.25) is 5.91 Å². The Balaban J connectivity index is 2.76. The van der Waals surface area contributed by atoms with Crippen LogP contribution in [0.3, 0.4) is 0 Å². The Morgan fingerprint density at radius 3 is 2.63 bits per heavy atom. The number of carboxylic acids is 1. The van der Waals surface area contributed by atoms with Crippen molar-refractivity contribution in [3.05, 3.63) is 23.8 Å². The summed E-state index contributed by atoms with van der Waals surface area (Å²) < 4.78 is 5.15. The average Bonchev–Trinajstić information content (AvgIpc) is 2.35. The molecule has 0 aliphatic carbocycles. The van der Waals surface area contributed by atoms with E-state index in [1.165, 1.54) is 7.11 Å². The Bertz CT molecular complexity index is 471. The minimum absolute atomic E-state index is 0.0388. The second kappa shape index (κ2) is 6.78. The van der Waals surface area contributed by atoms with E-state index >= 15 is 0 Å². The van der Waals surface area contributed by atoms with E-state index in [1.807, 2.05) is 13.0 Å². The summed E-state index contributed by atoms with van der Waals surface area (Å²) in [4.78, 5) is 22.7. The smallest absolute Gasteiger partial charge is 0.307 e. The standard InChI is InChI=1S/C14H19NO4/c1-4-10(14(17)18)8-13(16)15-11-7-9(2)5-6-12(11)19-3/h5-7,10H,4,8H2,1-3H3,(H,15,16)(H,17,18). The topological polar surface area (TPSA) is 75.6 Å². The van der Waals surface area contributed by atoms with Crippen molar-refractivity contribution in [3.63, 3.8) is 0 Å². The van der Waals surface area contributed by atoms with Gasteiger partial charge in [0.05, 0.1) is 18.7 Å². The highest BCUT2D eigenvalue weighted by atomic mass is 16.5. The van der Waals surface area contributed by atoms with Gasteiger partial charge in [-0.05, 0) is 31.0 Å². The summed E-state index contributed by atoms with van der Waals surface area (Å²) >= 11 is 0. The summed E-state index contributed by atoms with van der Waals surface area (Å²) in [6.07, 6.45) is 0.386. The maximum atomic E-state index is 11.8. The summed E-state index contributed by atoms with van der Waals surface area (Å²) in [5.74, 6) is -1.37. The molecule has 0 aliphatic heterocycles. The molecule has 1 amide bonds. The van der Waals surface area contributed by atoms with Crippen LogP contribution >= 0.6 is 0 Å². The van der Waals surface area contributed by atoms with Gasteiger partial charge < -0.3 is 15.2 Å². The molecule has 0 aromatic heterocycles. The molecular weight excluding hydrogens is 246 g/mol. The second-order valence-electron chi connectivity index (χ2n) is 4.40. The molecule has 5 heteroatoms. The van der Waals surface area contributed by atoms with Crippen molar-refractivity contribution in [2.75, 3.05) is 12.4 Å². The zero-order valence-electron chi connectivity index (χ0n) is 11.4. The van der Waals surface area contributed by atoms with Crippen LogP contribution in [-0.4, -0.2) is 24.1 Å². The van der Waals surface area contributed by atoms with E-state index in [4.69, 9.17) is 9.84 Å². The van der Waals surface area contributed by atoms with Gasteiger partial charge in [0, 0.05) is 6.42 Å². The van der Waals surface area contributed by atoms with Gasteiger partial charge in [-0.15, -0.1) is 0 Å².